The number of aromatic carboxylic acids is 1. The van der Waals surface area contributed by atoms with Crippen molar-refractivity contribution < 1.29 is 19.4 Å². The molecule has 28 heavy (non-hydrogen) atoms. The summed E-state index contributed by atoms with van der Waals surface area (Å²) in [5, 5.41) is 21.2. The van der Waals surface area contributed by atoms with Crippen LogP contribution in [0.4, 0.5) is 5.13 Å². The number of nitrogens with one attached hydrogen (secondary N) is 1. The number of carbonyl (C=O) groups excluding carboxylic acids is 1. The number of nitrogens with zero attached hydrogens (tertiary/aromatic N) is 2. The van der Waals surface area contributed by atoms with Gasteiger partial charge in [0, 0.05) is 0 Å². The number of hydrogen-bond acceptors (Lipinski definition) is 6. The molecule has 7 nitrogen and oxygen atoms in total. The van der Waals surface area contributed by atoms with Gasteiger partial charge in [0.15, 0.2) is 5.13 Å². The van der Waals surface area contributed by atoms with Gasteiger partial charge in [0.2, 0.25) is 0 Å². The van der Waals surface area contributed by atoms with E-state index in [9.17, 15) is 14.9 Å². The third-order valence-corrected chi connectivity index (χ3v) is 4.66. The van der Waals surface area contributed by atoms with E-state index in [1.54, 1.807) is 12.1 Å². The summed E-state index contributed by atoms with van der Waals surface area (Å²) in [7, 11) is 0. The Bertz CT molecular complexity index is 1110. The topological polar surface area (TPSA) is 112 Å². The second-order valence-corrected chi connectivity index (χ2v) is 6.66. The normalized spacial score (nSPS) is 11.1. The molecule has 0 fully saturated rings. The first-order valence-corrected chi connectivity index (χ1v) is 9.11. The van der Waals surface area contributed by atoms with E-state index in [2.05, 4.69) is 10.3 Å². The van der Waals surface area contributed by atoms with Gasteiger partial charge in [-0.15, -0.1) is 0 Å². The third kappa shape index (κ3) is 4.34. The number of fused-ring (bicyclic) bond motifs is 1. The zero-order valence-corrected chi connectivity index (χ0v) is 15.6. The number of anilines is 1. The van der Waals surface area contributed by atoms with Crippen molar-refractivity contribution in [2.24, 2.45) is 0 Å². The van der Waals surface area contributed by atoms with Crippen LogP contribution in [0.1, 0.15) is 22.8 Å². The van der Waals surface area contributed by atoms with Crippen LogP contribution in [0, 0.1) is 11.3 Å². The lowest BCUT2D eigenvalue weighted by atomic mass is 10.1. The van der Waals surface area contributed by atoms with Crippen LogP contribution in [0.2, 0.25) is 0 Å². The molecule has 1 heterocycles. The lowest BCUT2D eigenvalue weighted by Crippen LogP contribution is -2.13. The minimum absolute atomic E-state index is 0.114. The van der Waals surface area contributed by atoms with Crippen LogP contribution < -0.4 is 10.1 Å². The molecule has 0 aliphatic carbocycles. The van der Waals surface area contributed by atoms with E-state index in [1.165, 1.54) is 41.7 Å². The number of thiazole rings is 1. The van der Waals surface area contributed by atoms with E-state index in [4.69, 9.17) is 9.84 Å². The van der Waals surface area contributed by atoms with Gasteiger partial charge in [0.25, 0.3) is 5.91 Å². The molecule has 2 aromatic carbocycles. The molecule has 0 aliphatic heterocycles. The fourth-order valence-electron chi connectivity index (χ4n) is 2.42. The van der Waals surface area contributed by atoms with E-state index in [-0.39, 0.29) is 11.1 Å². The standard InChI is InChI=1S/C20H15N3O4S/c1-2-27-15-7-8-16-17(10-15)28-20(22-16)23-18(24)14(11-21)9-12-3-5-13(6-4-12)19(25)26/h3-10H,2H2,1H3,(H,25,26)(H,22,23,24)/b14-9+. The number of benzene rings is 2. The number of ether oxygens (including phenoxy) is 1. The number of amides is 1. The highest BCUT2D eigenvalue weighted by Crippen LogP contribution is 2.29. The molecule has 3 rings (SSSR count). The fraction of sp³-hybridized carbons (Fsp3) is 0.100. The Kier molecular flexibility index (Phi) is 5.67. The summed E-state index contributed by atoms with van der Waals surface area (Å²) in [5.41, 5.74) is 1.27. The minimum atomic E-state index is -1.04. The molecule has 0 saturated heterocycles. The maximum Gasteiger partial charge on any atom is 0.335 e. The van der Waals surface area contributed by atoms with Crippen molar-refractivity contribution in [2.75, 3.05) is 11.9 Å². The maximum absolute atomic E-state index is 12.4. The van der Waals surface area contributed by atoms with Crippen LogP contribution in [0.15, 0.2) is 48.0 Å². The Hall–Kier alpha value is -3.70. The van der Waals surface area contributed by atoms with Crippen LogP contribution in [-0.4, -0.2) is 28.6 Å². The molecular weight excluding hydrogens is 378 g/mol. The number of nitriles is 1. The molecule has 0 spiro atoms. The second-order valence-electron chi connectivity index (χ2n) is 5.63. The van der Waals surface area contributed by atoms with Crippen LogP contribution in [-0.2, 0) is 4.79 Å². The van der Waals surface area contributed by atoms with Crippen molar-refractivity contribution in [3.05, 3.63) is 59.2 Å². The monoisotopic (exact) mass is 393 g/mol. The highest BCUT2D eigenvalue weighted by molar-refractivity contribution is 7.22. The number of aromatic nitrogens is 1. The van der Waals surface area contributed by atoms with Gasteiger partial charge in [0.05, 0.1) is 22.4 Å². The van der Waals surface area contributed by atoms with E-state index in [0.717, 1.165) is 16.0 Å². The Balaban J connectivity index is 1.79. The molecule has 0 bridgehead atoms. The molecular formula is C20H15N3O4S. The first-order chi connectivity index (χ1) is 13.5. The summed E-state index contributed by atoms with van der Waals surface area (Å²) in [4.78, 5) is 27.6. The first-order valence-electron chi connectivity index (χ1n) is 8.30. The average molecular weight is 393 g/mol. The van der Waals surface area contributed by atoms with Gasteiger partial charge in [-0.1, -0.05) is 23.5 Å². The number of rotatable bonds is 6. The van der Waals surface area contributed by atoms with Crippen LogP contribution in [0.3, 0.4) is 0 Å². The molecule has 1 aromatic heterocycles. The Morgan fingerprint density at radius 2 is 2.04 bits per heavy atom. The smallest absolute Gasteiger partial charge is 0.335 e. The summed E-state index contributed by atoms with van der Waals surface area (Å²) in [6.07, 6.45) is 1.39. The fourth-order valence-corrected chi connectivity index (χ4v) is 3.31. The van der Waals surface area contributed by atoms with Crippen molar-refractivity contribution in [1.82, 2.24) is 4.98 Å². The Morgan fingerprint density at radius 3 is 2.68 bits per heavy atom. The summed E-state index contributed by atoms with van der Waals surface area (Å²) in [5.74, 6) is -0.912. The first kappa shape index (κ1) is 19.1. The highest BCUT2D eigenvalue weighted by atomic mass is 32.1. The lowest BCUT2D eigenvalue weighted by Gasteiger charge is -2.01. The summed E-state index contributed by atoms with van der Waals surface area (Å²) in [6.45, 7) is 2.45. The number of hydrogen-bond donors (Lipinski definition) is 2. The quantitative estimate of drug-likeness (QED) is 0.484. The Morgan fingerprint density at radius 1 is 1.29 bits per heavy atom. The van der Waals surface area contributed by atoms with E-state index in [1.807, 2.05) is 19.1 Å². The largest absolute Gasteiger partial charge is 0.494 e. The summed E-state index contributed by atoms with van der Waals surface area (Å²) < 4.78 is 6.31. The molecule has 0 atom stereocenters. The maximum atomic E-state index is 12.4. The van der Waals surface area contributed by atoms with Crippen LogP contribution >= 0.6 is 11.3 Å². The van der Waals surface area contributed by atoms with Crippen LogP contribution in [0.25, 0.3) is 16.3 Å². The predicted molar refractivity (Wildman–Crippen MR) is 106 cm³/mol. The minimum Gasteiger partial charge on any atom is -0.494 e. The van der Waals surface area contributed by atoms with Gasteiger partial charge < -0.3 is 9.84 Å². The number of carboxylic acid groups (broad SMARTS) is 1. The van der Waals surface area contributed by atoms with Crippen LogP contribution in [0.5, 0.6) is 5.75 Å². The predicted octanol–water partition coefficient (Wildman–Crippen LogP) is 3.94. The van der Waals surface area contributed by atoms with Crippen molar-refractivity contribution in [3.8, 4) is 11.8 Å². The molecule has 0 unspecified atom stereocenters. The zero-order valence-electron chi connectivity index (χ0n) is 14.8. The second kappa shape index (κ2) is 8.33. The van der Waals surface area contributed by atoms with Gasteiger partial charge >= 0.3 is 5.97 Å². The molecule has 1 amide bonds. The van der Waals surface area contributed by atoms with Gasteiger partial charge in [-0.25, -0.2) is 9.78 Å². The summed E-state index contributed by atoms with van der Waals surface area (Å²) in [6, 6.07) is 13.2. The lowest BCUT2D eigenvalue weighted by molar-refractivity contribution is -0.112. The SMILES string of the molecule is CCOc1ccc2nc(NC(=O)/C(C#N)=C/c3ccc(C(=O)O)cc3)sc2c1. The van der Waals surface area contributed by atoms with Crippen molar-refractivity contribution >= 4 is 44.6 Å². The molecule has 140 valence electrons. The van der Waals surface area contributed by atoms with E-state index in [0.29, 0.717) is 17.3 Å². The van der Waals surface area contributed by atoms with Gasteiger partial charge in [-0.2, -0.15) is 5.26 Å². The van der Waals surface area contributed by atoms with Crippen molar-refractivity contribution in [2.45, 2.75) is 6.92 Å². The van der Waals surface area contributed by atoms with Gasteiger partial charge in [-0.05, 0) is 48.9 Å². The van der Waals surface area contributed by atoms with Crippen molar-refractivity contribution in [3.63, 3.8) is 0 Å². The molecule has 3 aromatic rings. The van der Waals surface area contributed by atoms with E-state index >= 15 is 0 Å². The number of carboxylic acids is 1. The van der Waals surface area contributed by atoms with Crippen molar-refractivity contribution in [1.29, 1.82) is 5.26 Å². The molecule has 0 saturated carbocycles. The van der Waals surface area contributed by atoms with Gasteiger partial charge in [-0.3, -0.25) is 10.1 Å². The third-order valence-electron chi connectivity index (χ3n) is 3.73. The summed E-state index contributed by atoms with van der Waals surface area (Å²) >= 11 is 1.28. The zero-order chi connectivity index (χ0) is 20.1. The molecule has 0 radical (unpaired) electrons. The highest BCUT2D eigenvalue weighted by Gasteiger charge is 2.13. The van der Waals surface area contributed by atoms with E-state index < -0.39 is 11.9 Å². The average Bonchev–Trinajstić information content (AvgIpc) is 3.08. The molecule has 2 N–H and O–H groups in total. The number of carbonyl (C=O) groups is 2. The van der Waals surface area contributed by atoms with Gasteiger partial charge in [0.1, 0.15) is 17.4 Å². The Labute approximate surface area is 164 Å². The molecule has 0 aliphatic rings. The molecule has 8 heteroatoms.